The molecule has 76 valence electrons. The van der Waals surface area contributed by atoms with Crippen LogP contribution in [0.1, 0.15) is 19.3 Å². The normalized spacial score (nSPS) is 15.5. The molecule has 0 radical (unpaired) electrons. The molecular weight excluding hydrogens is 200 g/mol. The Morgan fingerprint density at radius 1 is 1.50 bits per heavy atom. The van der Waals surface area contributed by atoms with Crippen molar-refractivity contribution in [2.45, 2.75) is 19.3 Å². The molecule has 4 nitrogen and oxygen atoms in total. The molecule has 0 aromatic carbocycles. The van der Waals surface area contributed by atoms with Crippen molar-refractivity contribution in [2.75, 3.05) is 17.6 Å². The van der Waals surface area contributed by atoms with E-state index in [1.807, 2.05) is 0 Å². The highest BCUT2D eigenvalue weighted by Crippen LogP contribution is 2.32. The van der Waals surface area contributed by atoms with Crippen molar-refractivity contribution in [1.82, 2.24) is 9.97 Å². The summed E-state index contributed by atoms with van der Waals surface area (Å²) in [5, 5.41) is 3.58. The fourth-order valence-electron chi connectivity index (χ4n) is 1.31. The lowest BCUT2D eigenvalue weighted by molar-refractivity contribution is 0.758. The van der Waals surface area contributed by atoms with Gasteiger partial charge in [0.25, 0.3) is 0 Å². The lowest BCUT2D eigenvalue weighted by Gasteiger charge is -2.06. The molecule has 0 bridgehead atoms. The van der Waals surface area contributed by atoms with E-state index in [-0.39, 0.29) is 0 Å². The van der Waals surface area contributed by atoms with Crippen LogP contribution in [0.25, 0.3) is 0 Å². The van der Waals surface area contributed by atoms with Crippen molar-refractivity contribution in [2.24, 2.45) is 5.92 Å². The summed E-state index contributed by atoms with van der Waals surface area (Å²) in [6.45, 7) is 0.904. The fourth-order valence-corrected chi connectivity index (χ4v) is 1.47. The van der Waals surface area contributed by atoms with Crippen LogP contribution in [0.2, 0.25) is 5.02 Å². The van der Waals surface area contributed by atoms with Gasteiger partial charge in [-0.25, -0.2) is 9.97 Å². The van der Waals surface area contributed by atoms with E-state index in [4.69, 9.17) is 17.3 Å². The predicted octanol–water partition coefficient (Wildman–Crippen LogP) is 1.92. The average Bonchev–Trinajstić information content (AvgIpc) is 2.96. The Balaban J connectivity index is 1.90. The molecule has 5 heteroatoms. The van der Waals surface area contributed by atoms with Gasteiger partial charge in [-0.2, -0.15) is 0 Å². The smallest absolute Gasteiger partial charge is 0.150 e. The molecule has 0 amide bonds. The Bertz CT molecular complexity index is 325. The van der Waals surface area contributed by atoms with Crippen molar-refractivity contribution in [3.05, 3.63) is 11.3 Å². The van der Waals surface area contributed by atoms with Gasteiger partial charge in [0.1, 0.15) is 23.0 Å². The number of nitrogen functional groups attached to an aromatic ring is 1. The van der Waals surface area contributed by atoms with Crippen LogP contribution in [0.15, 0.2) is 6.33 Å². The summed E-state index contributed by atoms with van der Waals surface area (Å²) < 4.78 is 0. The summed E-state index contributed by atoms with van der Waals surface area (Å²) in [4.78, 5) is 7.81. The Morgan fingerprint density at radius 2 is 2.29 bits per heavy atom. The van der Waals surface area contributed by atoms with Crippen molar-refractivity contribution in [3.8, 4) is 0 Å². The predicted molar refractivity (Wildman–Crippen MR) is 57.3 cm³/mol. The van der Waals surface area contributed by atoms with Gasteiger partial charge in [-0.3, -0.25) is 0 Å². The monoisotopic (exact) mass is 212 g/mol. The molecule has 1 aromatic rings. The molecule has 1 aliphatic rings. The molecular formula is C9H13ClN4. The zero-order valence-electron chi connectivity index (χ0n) is 7.83. The van der Waals surface area contributed by atoms with E-state index in [0.29, 0.717) is 16.7 Å². The molecule has 3 N–H and O–H groups in total. The number of aromatic nitrogens is 2. The summed E-state index contributed by atoms with van der Waals surface area (Å²) in [6, 6.07) is 0. The highest BCUT2D eigenvalue weighted by atomic mass is 35.5. The van der Waals surface area contributed by atoms with E-state index in [2.05, 4.69) is 15.3 Å². The second-order valence-electron chi connectivity index (χ2n) is 3.58. The number of hydrogen-bond donors (Lipinski definition) is 2. The van der Waals surface area contributed by atoms with Gasteiger partial charge in [-0.15, -0.1) is 0 Å². The van der Waals surface area contributed by atoms with Gasteiger partial charge in [0, 0.05) is 6.54 Å². The summed E-state index contributed by atoms with van der Waals surface area (Å²) >= 11 is 5.91. The van der Waals surface area contributed by atoms with Crippen molar-refractivity contribution >= 4 is 23.2 Å². The molecule has 1 heterocycles. The third-order valence-electron chi connectivity index (χ3n) is 2.36. The van der Waals surface area contributed by atoms with Crippen LogP contribution in [-0.2, 0) is 0 Å². The zero-order valence-corrected chi connectivity index (χ0v) is 8.59. The van der Waals surface area contributed by atoms with E-state index >= 15 is 0 Å². The summed E-state index contributed by atoms with van der Waals surface area (Å²) in [7, 11) is 0. The van der Waals surface area contributed by atoms with E-state index < -0.39 is 0 Å². The van der Waals surface area contributed by atoms with Gasteiger partial charge in [0.15, 0.2) is 0 Å². The minimum atomic E-state index is 0.329. The molecule has 0 unspecified atom stereocenters. The number of hydrogen-bond acceptors (Lipinski definition) is 4. The first kappa shape index (κ1) is 9.52. The number of nitrogens with one attached hydrogen (secondary N) is 1. The molecule has 1 aliphatic carbocycles. The molecule has 1 aromatic heterocycles. The van der Waals surface area contributed by atoms with Crippen LogP contribution in [-0.4, -0.2) is 16.5 Å². The average molecular weight is 213 g/mol. The van der Waals surface area contributed by atoms with Crippen LogP contribution in [0.5, 0.6) is 0 Å². The molecule has 0 atom stereocenters. The van der Waals surface area contributed by atoms with Gasteiger partial charge in [0.2, 0.25) is 0 Å². The van der Waals surface area contributed by atoms with Crippen LogP contribution < -0.4 is 11.1 Å². The van der Waals surface area contributed by atoms with Gasteiger partial charge in [-0.1, -0.05) is 24.4 Å². The maximum absolute atomic E-state index is 5.91. The Morgan fingerprint density at radius 3 is 3.00 bits per heavy atom. The van der Waals surface area contributed by atoms with E-state index in [1.54, 1.807) is 0 Å². The van der Waals surface area contributed by atoms with Gasteiger partial charge >= 0.3 is 0 Å². The Kier molecular flexibility index (Phi) is 2.72. The van der Waals surface area contributed by atoms with E-state index in [0.717, 1.165) is 12.5 Å². The summed E-state index contributed by atoms with van der Waals surface area (Å²) in [5.74, 6) is 1.87. The maximum atomic E-state index is 5.91. The Labute approximate surface area is 87.9 Å². The highest BCUT2D eigenvalue weighted by Gasteiger charge is 2.20. The number of anilines is 2. The Hall–Kier alpha value is -1.03. The molecule has 14 heavy (non-hydrogen) atoms. The number of nitrogens with zero attached hydrogens (tertiary/aromatic N) is 2. The lowest BCUT2D eigenvalue weighted by atomic mass is 10.3. The standard InChI is InChI=1S/C9H13ClN4/c10-7-8(11)13-5-14-9(7)12-4-3-6-1-2-6/h5-6H,1-4H2,(H3,11,12,13,14). The van der Waals surface area contributed by atoms with Crippen molar-refractivity contribution in [3.63, 3.8) is 0 Å². The molecule has 1 fully saturated rings. The summed E-state index contributed by atoms with van der Waals surface area (Å²) in [6.07, 6.45) is 5.32. The first-order valence-electron chi connectivity index (χ1n) is 4.77. The largest absolute Gasteiger partial charge is 0.382 e. The van der Waals surface area contributed by atoms with Gasteiger partial charge in [0.05, 0.1) is 0 Å². The minimum Gasteiger partial charge on any atom is -0.382 e. The van der Waals surface area contributed by atoms with Gasteiger partial charge < -0.3 is 11.1 Å². The fraction of sp³-hybridized carbons (Fsp3) is 0.556. The number of rotatable bonds is 4. The van der Waals surface area contributed by atoms with Crippen LogP contribution in [0.3, 0.4) is 0 Å². The molecule has 0 aliphatic heterocycles. The highest BCUT2D eigenvalue weighted by molar-refractivity contribution is 6.35. The van der Waals surface area contributed by atoms with Crippen molar-refractivity contribution < 1.29 is 0 Å². The van der Waals surface area contributed by atoms with Crippen LogP contribution >= 0.6 is 11.6 Å². The third kappa shape index (κ3) is 2.26. The summed E-state index contributed by atoms with van der Waals surface area (Å²) in [5.41, 5.74) is 5.54. The second kappa shape index (κ2) is 4.00. The number of nitrogens with two attached hydrogens (primary N) is 1. The van der Waals surface area contributed by atoms with Gasteiger partial charge in [-0.05, 0) is 12.3 Å². The molecule has 2 rings (SSSR count). The number of halogens is 1. The third-order valence-corrected chi connectivity index (χ3v) is 2.73. The van der Waals surface area contributed by atoms with Crippen molar-refractivity contribution in [1.29, 1.82) is 0 Å². The first-order valence-corrected chi connectivity index (χ1v) is 5.15. The van der Waals surface area contributed by atoms with Crippen LogP contribution in [0.4, 0.5) is 11.6 Å². The van der Waals surface area contributed by atoms with Crippen LogP contribution in [0, 0.1) is 5.92 Å². The van der Waals surface area contributed by atoms with E-state index in [9.17, 15) is 0 Å². The quantitative estimate of drug-likeness (QED) is 0.801. The minimum absolute atomic E-state index is 0.329. The topological polar surface area (TPSA) is 63.8 Å². The molecule has 0 saturated heterocycles. The molecule has 0 spiro atoms. The zero-order chi connectivity index (χ0) is 9.97. The lowest BCUT2D eigenvalue weighted by Crippen LogP contribution is -2.06. The first-order chi connectivity index (χ1) is 6.77. The SMILES string of the molecule is Nc1ncnc(NCCC2CC2)c1Cl. The molecule has 1 saturated carbocycles. The van der Waals surface area contributed by atoms with E-state index in [1.165, 1.54) is 25.6 Å². The maximum Gasteiger partial charge on any atom is 0.150 e. The second-order valence-corrected chi connectivity index (χ2v) is 3.96.